The van der Waals surface area contributed by atoms with E-state index in [9.17, 15) is 28.3 Å². The topological polar surface area (TPSA) is 123 Å². The molecule has 1 aromatic heterocycles. The van der Waals surface area contributed by atoms with E-state index >= 15 is 0 Å². The number of halogens is 3. The first-order valence-electron chi connectivity index (χ1n) is 9.13. The van der Waals surface area contributed by atoms with Gasteiger partial charge in [-0.2, -0.15) is 0 Å². The fourth-order valence-corrected chi connectivity index (χ4v) is 3.46. The van der Waals surface area contributed by atoms with Gasteiger partial charge in [-0.3, -0.25) is 19.5 Å². The molecule has 3 N–H and O–H groups in total. The molecule has 3 aromatic rings. The van der Waals surface area contributed by atoms with Crippen LogP contribution in [0.25, 0.3) is 5.69 Å². The van der Waals surface area contributed by atoms with E-state index in [1.54, 1.807) is 24.3 Å². The average Bonchev–Trinajstić information content (AvgIpc) is 3.25. The monoisotopic (exact) mass is 465 g/mol. The van der Waals surface area contributed by atoms with E-state index in [-0.39, 0.29) is 27.8 Å². The van der Waals surface area contributed by atoms with Crippen LogP contribution in [0.1, 0.15) is 28.5 Å². The molecule has 0 radical (unpaired) electrons. The second kappa shape index (κ2) is 8.00. The van der Waals surface area contributed by atoms with E-state index in [0.717, 1.165) is 10.7 Å². The number of rotatable bonds is 6. The van der Waals surface area contributed by atoms with Crippen LogP contribution in [-0.4, -0.2) is 33.1 Å². The number of benzene rings is 2. The molecule has 1 unspecified atom stereocenters. The molecule has 0 saturated carbocycles. The number of aliphatic carboxylic acids is 1. The second-order valence-electron chi connectivity index (χ2n) is 6.76. The van der Waals surface area contributed by atoms with Crippen molar-refractivity contribution in [1.82, 2.24) is 15.1 Å². The van der Waals surface area contributed by atoms with Crippen molar-refractivity contribution < 1.29 is 33.0 Å². The van der Waals surface area contributed by atoms with Crippen LogP contribution in [0, 0.1) is 0 Å². The van der Waals surface area contributed by atoms with Gasteiger partial charge in [0.15, 0.2) is 11.5 Å². The number of nitrogens with one attached hydrogen (secondary N) is 2. The van der Waals surface area contributed by atoms with E-state index in [1.807, 2.05) is 0 Å². The van der Waals surface area contributed by atoms with Gasteiger partial charge in [0.1, 0.15) is 5.69 Å². The molecule has 0 aliphatic carbocycles. The van der Waals surface area contributed by atoms with Crippen molar-refractivity contribution in [3.05, 3.63) is 75.2 Å². The molecule has 32 heavy (non-hydrogen) atoms. The van der Waals surface area contributed by atoms with Crippen molar-refractivity contribution in [3.8, 4) is 17.2 Å². The molecule has 4 rings (SSSR count). The van der Waals surface area contributed by atoms with Gasteiger partial charge in [0.25, 0.3) is 11.5 Å². The summed E-state index contributed by atoms with van der Waals surface area (Å²) in [7, 11) is 0. The van der Waals surface area contributed by atoms with Crippen LogP contribution in [-0.2, 0) is 4.79 Å². The molecule has 0 saturated heterocycles. The molecular formula is C20H14ClF2N3O6. The lowest BCUT2D eigenvalue weighted by Crippen LogP contribution is -2.31. The van der Waals surface area contributed by atoms with Crippen LogP contribution in [0.15, 0.2) is 53.3 Å². The third-order valence-electron chi connectivity index (χ3n) is 4.58. The third-order valence-corrected chi connectivity index (χ3v) is 4.90. The van der Waals surface area contributed by atoms with Crippen LogP contribution in [0.2, 0.25) is 5.02 Å². The van der Waals surface area contributed by atoms with Gasteiger partial charge in [-0.15, -0.1) is 8.78 Å². The lowest BCUT2D eigenvalue weighted by Gasteiger charge is -2.18. The number of nitrogens with zero attached hydrogens (tertiary/aromatic N) is 1. The quantitative estimate of drug-likeness (QED) is 0.514. The van der Waals surface area contributed by atoms with E-state index in [4.69, 9.17) is 11.6 Å². The van der Waals surface area contributed by atoms with Gasteiger partial charge in [-0.1, -0.05) is 35.9 Å². The Morgan fingerprint density at radius 1 is 1.19 bits per heavy atom. The summed E-state index contributed by atoms with van der Waals surface area (Å²) in [6.45, 7) is 0. The summed E-state index contributed by atoms with van der Waals surface area (Å²) in [5.74, 6) is -2.83. The zero-order chi connectivity index (χ0) is 23.0. The van der Waals surface area contributed by atoms with E-state index < -0.39 is 36.2 Å². The van der Waals surface area contributed by atoms with Crippen LogP contribution in [0.3, 0.4) is 0 Å². The number of carbonyl (C=O) groups is 2. The molecule has 0 spiro atoms. The smallest absolute Gasteiger partial charge is 0.481 e. The Hall–Kier alpha value is -3.86. The average molecular weight is 466 g/mol. The SMILES string of the molecule is O=C(O)CC(NC(=O)c1cc(=O)n(-c2ccccc2Cl)[nH]1)c1cccc2c1OC(F)(F)O2. The van der Waals surface area contributed by atoms with Crippen LogP contribution >= 0.6 is 11.6 Å². The second-order valence-corrected chi connectivity index (χ2v) is 7.17. The molecule has 166 valence electrons. The zero-order valence-electron chi connectivity index (χ0n) is 16.0. The number of para-hydroxylation sites is 2. The molecule has 1 aliphatic heterocycles. The molecule has 0 fully saturated rings. The molecule has 1 amide bonds. The number of carbonyl (C=O) groups excluding carboxylic acids is 1. The maximum atomic E-state index is 13.5. The Labute approximate surface area is 183 Å². The summed E-state index contributed by atoms with van der Waals surface area (Å²) >= 11 is 6.09. The number of carboxylic acid groups (broad SMARTS) is 1. The minimum Gasteiger partial charge on any atom is -0.481 e. The third kappa shape index (κ3) is 4.14. The number of H-pyrrole nitrogens is 1. The number of aromatic amines is 1. The normalized spacial score (nSPS) is 14.7. The molecule has 0 bridgehead atoms. The lowest BCUT2D eigenvalue weighted by molar-refractivity contribution is -0.287. The highest BCUT2D eigenvalue weighted by Crippen LogP contribution is 2.45. The van der Waals surface area contributed by atoms with Gasteiger partial charge < -0.3 is 19.9 Å². The summed E-state index contributed by atoms with van der Waals surface area (Å²) in [6.07, 6.45) is -4.57. The predicted molar refractivity (Wildman–Crippen MR) is 107 cm³/mol. The summed E-state index contributed by atoms with van der Waals surface area (Å²) in [5.41, 5.74) is -0.507. The van der Waals surface area contributed by atoms with E-state index in [2.05, 4.69) is 19.9 Å². The van der Waals surface area contributed by atoms with E-state index in [1.165, 1.54) is 18.2 Å². The first-order valence-corrected chi connectivity index (χ1v) is 9.51. The van der Waals surface area contributed by atoms with Gasteiger partial charge in [0, 0.05) is 11.6 Å². The van der Waals surface area contributed by atoms with Gasteiger partial charge in [-0.05, 0) is 18.2 Å². The first-order chi connectivity index (χ1) is 15.1. The van der Waals surface area contributed by atoms with Crippen molar-refractivity contribution in [2.24, 2.45) is 0 Å². The highest BCUT2D eigenvalue weighted by Gasteiger charge is 2.45. The Bertz CT molecular complexity index is 1270. The summed E-state index contributed by atoms with van der Waals surface area (Å²) in [6, 6.07) is 10.1. The number of amides is 1. The summed E-state index contributed by atoms with van der Waals surface area (Å²) in [5, 5.41) is 14.5. The zero-order valence-corrected chi connectivity index (χ0v) is 16.7. The maximum absolute atomic E-state index is 13.5. The van der Waals surface area contributed by atoms with Crippen LogP contribution < -0.4 is 20.3 Å². The molecule has 12 heteroatoms. The van der Waals surface area contributed by atoms with Gasteiger partial charge in [0.05, 0.1) is 23.2 Å². The Morgan fingerprint density at radius 3 is 2.66 bits per heavy atom. The number of hydrogen-bond acceptors (Lipinski definition) is 5. The highest BCUT2D eigenvalue weighted by molar-refractivity contribution is 6.32. The summed E-state index contributed by atoms with van der Waals surface area (Å²) in [4.78, 5) is 36.5. The Morgan fingerprint density at radius 2 is 1.94 bits per heavy atom. The number of fused-ring (bicyclic) bond motifs is 1. The number of hydrogen-bond donors (Lipinski definition) is 3. The maximum Gasteiger partial charge on any atom is 0.586 e. The molecule has 2 heterocycles. The standard InChI is InChI=1S/C20H14ClF2N3O6/c21-11-5-1-2-6-14(11)26-16(27)8-13(25-26)19(30)24-12(9-17(28)29)10-4-3-7-15-18(10)32-20(22,23)31-15/h1-8,12,25H,9H2,(H,24,30)(H,28,29). The Balaban J connectivity index is 1.65. The molecular weight excluding hydrogens is 452 g/mol. The fraction of sp³-hybridized carbons (Fsp3) is 0.150. The molecule has 1 atom stereocenters. The van der Waals surface area contributed by atoms with E-state index in [0.29, 0.717) is 5.69 Å². The van der Waals surface area contributed by atoms with Crippen molar-refractivity contribution in [2.75, 3.05) is 0 Å². The van der Waals surface area contributed by atoms with Gasteiger partial charge >= 0.3 is 12.3 Å². The minimum atomic E-state index is -3.92. The number of aromatic nitrogens is 2. The van der Waals surface area contributed by atoms with Crippen LogP contribution in [0.4, 0.5) is 8.78 Å². The Kier molecular flexibility index (Phi) is 5.35. The molecule has 2 aromatic carbocycles. The number of carboxylic acids is 1. The highest BCUT2D eigenvalue weighted by atomic mass is 35.5. The van der Waals surface area contributed by atoms with Crippen molar-refractivity contribution in [2.45, 2.75) is 18.8 Å². The first kappa shape index (κ1) is 21.4. The number of ether oxygens (including phenoxy) is 2. The fourth-order valence-electron chi connectivity index (χ4n) is 3.24. The molecule has 1 aliphatic rings. The molecule has 9 nitrogen and oxygen atoms in total. The largest absolute Gasteiger partial charge is 0.586 e. The summed E-state index contributed by atoms with van der Waals surface area (Å²) < 4.78 is 36.9. The minimum absolute atomic E-state index is 0.0247. The van der Waals surface area contributed by atoms with Crippen molar-refractivity contribution >= 4 is 23.5 Å². The van der Waals surface area contributed by atoms with Crippen molar-refractivity contribution in [3.63, 3.8) is 0 Å². The van der Waals surface area contributed by atoms with Crippen LogP contribution in [0.5, 0.6) is 11.5 Å². The van der Waals surface area contributed by atoms with Crippen molar-refractivity contribution in [1.29, 1.82) is 0 Å². The predicted octanol–water partition coefficient (Wildman–Crippen LogP) is 3.09. The number of alkyl halides is 2. The van der Waals surface area contributed by atoms with Gasteiger partial charge in [-0.25, -0.2) is 4.68 Å². The van der Waals surface area contributed by atoms with Gasteiger partial charge in [0.2, 0.25) is 0 Å². The lowest BCUT2D eigenvalue weighted by atomic mass is 10.0.